The topological polar surface area (TPSA) is 74.8 Å². The lowest BCUT2D eigenvalue weighted by molar-refractivity contribution is -0.122. The highest BCUT2D eigenvalue weighted by atomic mass is 79.9. The molecule has 0 aliphatic carbocycles. The zero-order valence-electron chi connectivity index (χ0n) is 16.7. The number of sulfonamides is 1. The predicted octanol–water partition coefficient (Wildman–Crippen LogP) is 4.73. The van der Waals surface area contributed by atoms with Crippen molar-refractivity contribution in [3.63, 3.8) is 0 Å². The highest BCUT2D eigenvalue weighted by Gasteiger charge is 2.46. The minimum Gasteiger partial charge on any atom is -0.274 e. The van der Waals surface area contributed by atoms with Crippen molar-refractivity contribution < 1.29 is 18.0 Å². The second-order valence-corrected chi connectivity index (χ2v) is 11.0. The third kappa shape index (κ3) is 4.56. The van der Waals surface area contributed by atoms with Crippen molar-refractivity contribution in [1.82, 2.24) is 4.31 Å². The van der Waals surface area contributed by atoms with Crippen molar-refractivity contribution in [3.8, 4) is 0 Å². The molecule has 1 aliphatic heterocycles. The van der Waals surface area contributed by atoms with Gasteiger partial charge in [-0.15, -0.1) is 0 Å². The van der Waals surface area contributed by atoms with Gasteiger partial charge >= 0.3 is 0 Å². The number of benzene rings is 3. The zero-order chi connectivity index (χ0) is 22.9. The normalized spacial score (nSPS) is 16.7. The summed E-state index contributed by atoms with van der Waals surface area (Å²) in [6.45, 7) is -0.0307. The Morgan fingerprint density at radius 3 is 2.00 bits per heavy atom. The molecule has 0 aromatic heterocycles. The number of carbonyl (C=O) groups is 2. The van der Waals surface area contributed by atoms with Crippen molar-refractivity contribution in [1.29, 1.82) is 0 Å². The fourth-order valence-corrected chi connectivity index (χ4v) is 5.67. The molecule has 1 heterocycles. The summed E-state index contributed by atoms with van der Waals surface area (Å²) in [4.78, 5) is 27.3. The van der Waals surface area contributed by atoms with Crippen LogP contribution in [0.25, 0.3) is 0 Å². The first-order valence-corrected chi connectivity index (χ1v) is 12.7. The van der Waals surface area contributed by atoms with E-state index in [1.54, 1.807) is 60.7 Å². The first-order valence-electron chi connectivity index (χ1n) is 9.71. The Kier molecular flexibility index (Phi) is 6.62. The van der Waals surface area contributed by atoms with Crippen LogP contribution in [-0.2, 0) is 26.2 Å². The van der Waals surface area contributed by atoms with Crippen LogP contribution in [0.5, 0.6) is 0 Å². The highest BCUT2D eigenvalue weighted by Crippen LogP contribution is 2.31. The monoisotopic (exact) mass is 576 g/mol. The molecule has 0 saturated carbocycles. The molecule has 3 aromatic carbocycles. The van der Waals surface area contributed by atoms with Gasteiger partial charge in [0.2, 0.25) is 15.9 Å². The smallest absolute Gasteiger partial charge is 0.252 e. The van der Waals surface area contributed by atoms with E-state index in [4.69, 9.17) is 0 Å². The van der Waals surface area contributed by atoms with E-state index in [0.29, 0.717) is 5.69 Å². The molecular weight excluding hydrogens is 560 g/mol. The molecule has 9 heteroatoms. The van der Waals surface area contributed by atoms with E-state index in [2.05, 4.69) is 31.9 Å². The van der Waals surface area contributed by atoms with Crippen LogP contribution in [0.2, 0.25) is 0 Å². The summed E-state index contributed by atoms with van der Waals surface area (Å²) in [5, 5.41) is 0. The van der Waals surface area contributed by atoms with Gasteiger partial charge in [-0.1, -0.05) is 62.2 Å². The van der Waals surface area contributed by atoms with E-state index in [9.17, 15) is 18.0 Å². The Bertz CT molecular complexity index is 1250. The van der Waals surface area contributed by atoms with Gasteiger partial charge in [0.05, 0.1) is 17.0 Å². The zero-order valence-corrected chi connectivity index (χ0v) is 20.7. The van der Waals surface area contributed by atoms with Crippen molar-refractivity contribution in [2.45, 2.75) is 23.9 Å². The molecule has 0 N–H and O–H groups in total. The summed E-state index contributed by atoms with van der Waals surface area (Å²) in [5.41, 5.74) is 1.13. The van der Waals surface area contributed by atoms with E-state index < -0.39 is 27.9 Å². The average Bonchev–Trinajstić information content (AvgIpc) is 3.07. The van der Waals surface area contributed by atoms with Gasteiger partial charge in [-0.2, -0.15) is 4.31 Å². The SMILES string of the molecule is O=C1CC(N(Cc2ccccc2)S(=O)(=O)c2ccc(Br)cc2)C(=O)N1c1ccc(Br)cc1. The minimum atomic E-state index is -4.06. The maximum absolute atomic E-state index is 13.6. The van der Waals surface area contributed by atoms with Gasteiger partial charge in [-0.05, 0) is 54.1 Å². The molecule has 2 amide bonds. The summed E-state index contributed by atoms with van der Waals surface area (Å²) < 4.78 is 29.9. The molecule has 1 atom stereocenters. The second kappa shape index (κ2) is 9.27. The standard InChI is InChI=1S/C23H18Br2N2O4S/c24-17-6-10-19(11-7-17)27-22(28)14-21(23(27)29)26(15-16-4-2-1-3-5-16)32(30,31)20-12-8-18(25)9-13-20/h1-13,21H,14-15H2. The number of hydrogen-bond donors (Lipinski definition) is 0. The van der Waals surface area contributed by atoms with Crippen molar-refractivity contribution in [2.75, 3.05) is 4.90 Å². The quantitative estimate of drug-likeness (QED) is 0.397. The highest BCUT2D eigenvalue weighted by molar-refractivity contribution is 9.10. The molecule has 1 unspecified atom stereocenters. The van der Waals surface area contributed by atoms with Gasteiger partial charge in [-0.3, -0.25) is 9.59 Å². The molecule has 0 radical (unpaired) electrons. The Balaban J connectivity index is 1.74. The number of anilines is 1. The number of hydrogen-bond acceptors (Lipinski definition) is 4. The molecule has 0 spiro atoms. The molecule has 1 saturated heterocycles. The molecule has 6 nitrogen and oxygen atoms in total. The van der Waals surface area contributed by atoms with Gasteiger partial charge in [-0.25, -0.2) is 13.3 Å². The number of amides is 2. The van der Waals surface area contributed by atoms with Crippen molar-refractivity contribution in [3.05, 3.63) is 93.4 Å². The van der Waals surface area contributed by atoms with Crippen molar-refractivity contribution in [2.24, 2.45) is 0 Å². The Hall–Kier alpha value is -2.33. The summed E-state index contributed by atoms with van der Waals surface area (Å²) in [6, 6.07) is 20.8. The first-order chi connectivity index (χ1) is 15.3. The molecule has 3 aromatic rings. The van der Waals surface area contributed by atoms with Crippen molar-refractivity contribution >= 4 is 59.4 Å². The third-order valence-corrected chi connectivity index (χ3v) is 8.08. The number of imide groups is 1. The van der Waals surface area contributed by atoms with E-state index in [-0.39, 0.29) is 17.9 Å². The van der Waals surface area contributed by atoms with Crippen LogP contribution in [-0.4, -0.2) is 30.6 Å². The Morgan fingerprint density at radius 1 is 0.844 bits per heavy atom. The van der Waals surface area contributed by atoms with Crippen LogP contribution in [0.3, 0.4) is 0 Å². The lowest BCUT2D eigenvalue weighted by Gasteiger charge is -2.27. The van der Waals surface area contributed by atoms with Crippen LogP contribution in [0.1, 0.15) is 12.0 Å². The second-order valence-electron chi connectivity index (χ2n) is 7.25. The van der Waals surface area contributed by atoms with E-state index in [1.165, 1.54) is 12.1 Å². The van der Waals surface area contributed by atoms with E-state index >= 15 is 0 Å². The molecule has 164 valence electrons. The number of halogens is 2. The molecule has 1 fully saturated rings. The molecule has 1 aliphatic rings. The number of carbonyl (C=O) groups excluding carboxylic acids is 2. The van der Waals surface area contributed by atoms with Gasteiger partial charge in [0.25, 0.3) is 5.91 Å². The fraction of sp³-hybridized carbons (Fsp3) is 0.130. The first kappa shape index (κ1) is 22.8. The van der Waals surface area contributed by atoms with Crippen LogP contribution in [0.15, 0.2) is 92.7 Å². The van der Waals surface area contributed by atoms with Crippen LogP contribution >= 0.6 is 31.9 Å². The average molecular weight is 578 g/mol. The van der Waals surface area contributed by atoms with Crippen LogP contribution < -0.4 is 4.90 Å². The van der Waals surface area contributed by atoms with E-state index in [0.717, 1.165) is 23.7 Å². The van der Waals surface area contributed by atoms with Gasteiger partial charge < -0.3 is 0 Å². The Labute approximate surface area is 203 Å². The van der Waals surface area contributed by atoms with Crippen LogP contribution in [0, 0.1) is 0 Å². The van der Waals surface area contributed by atoms with Gasteiger partial charge in [0.15, 0.2) is 0 Å². The summed E-state index contributed by atoms with van der Waals surface area (Å²) in [5.74, 6) is -1.000. The minimum absolute atomic E-state index is 0.0307. The molecule has 4 rings (SSSR count). The maximum atomic E-state index is 13.6. The number of nitrogens with zero attached hydrogens (tertiary/aromatic N) is 2. The van der Waals surface area contributed by atoms with E-state index in [1.807, 2.05) is 6.07 Å². The molecule has 0 bridgehead atoms. The van der Waals surface area contributed by atoms with Crippen LogP contribution in [0.4, 0.5) is 5.69 Å². The molecular formula is C23H18Br2N2O4S. The summed E-state index contributed by atoms with van der Waals surface area (Å²) in [7, 11) is -4.06. The van der Waals surface area contributed by atoms with Gasteiger partial charge in [0, 0.05) is 15.5 Å². The Morgan fingerprint density at radius 2 is 1.41 bits per heavy atom. The van der Waals surface area contributed by atoms with Gasteiger partial charge in [0.1, 0.15) is 6.04 Å². The lowest BCUT2D eigenvalue weighted by Crippen LogP contribution is -2.45. The molecule has 32 heavy (non-hydrogen) atoms. The summed E-state index contributed by atoms with van der Waals surface area (Å²) in [6.07, 6.45) is -0.225. The largest absolute Gasteiger partial charge is 0.274 e. The summed E-state index contributed by atoms with van der Waals surface area (Å²) >= 11 is 6.64. The third-order valence-electron chi connectivity index (χ3n) is 5.16. The maximum Gasteiger partial charge on any atom is 0.252 e. The number of rotatable bonds is 6. The fourth-order valence-electron chi connectivity index (χ4n) is 3.57. The predicted molar refractivity (Wildman–Crippen MR) is 128 cm³/mol. The lowest BCUT2D eigenvalue weighted by atomic mass is 10.2.